The van der Waals surface area contributed by atoms with Crippen molar-refractivity contribution in [3.05, 3.63) is 143 Å². The Hall–Kier alpha value is -5.50. The first-order chi connectivity index (χ1) is 49.1. The van der Waals surface area contributed by atoms with Gasteiger partial charge in [0.1, 0.15) is 11.4 Å². The van der Waals surface area contributed by atoms with E-state index >= 15 is 0 Å². The normalized spacial score (nSPS) is 17.2. The molecule has 7 N–H and O–H groups in total. The van der Waals surface area contributed by atoms with E-state index in [4.69, 9.17) is 19.3 Å². The maximum absolute atomic E-state index is 13.8. The molecule has 614 valence electrons. The first-order valence-electron chi connectivity index (χ1n) is 35.9. The van der Waals surface area contributed by atoms with Crippen LogP contribution in [-0.4, -0.2) is 97.5 Å². The molecule has 11 atom stereocenters. The highest BCUT2D eigenvalue weighted by molar-refractivity contribution is 14.1. The number of phenolic OH excluding ortho intramolecular Hbond substituents is 5. The second-order valence-electron chi connectivity index (χ2n) is 30.2. The van der Waals surface area contributed by atoms with Crippen molar-refractivity contribution in [2.45, 2.75) is 292 Å². The fraction of sp³-hybridized carbons (Fsp3) is 0.605. The number of esters is 2. The molecule has 0 bridgehead atoms. The van der Waals surface area contributed by atoms with E-state index < -0.39 is 88.2 Å². The smallest absolute Gasteiger partial charge is 0.425 e. The molecule has 0 spiro atoms. The number of alkyl halides is 12. The van der Waals surface area contributed by atoms with Crippen LogP contribution in [0, 0.1) is 23.9 Å². The lowest BCUT2D eigenvalue weighted by atomic mass is 9.84. The molecule has 1 aliphatic rings. The molecule has 1 aliphatic carbocycles. The number of aliphatic hydroxyl groups is 2. The van der Waals surface area contributed by atoms with Crippen LogP contribution in [0.2, 0.25) is 0 Å². The molecule has 13 nitrogen and oxygen atoms in total. The van der Waals surface area contributed by atoms with E-state index in [-0.39, 0.29) is 57.0 Å². The van der Waals surface area contributed by atoms with Crippen molar-refractivity contribution in [2.24, 2.45) is 16.7 Å². The van der Waals surface area contributed by atoms with E-state index in [9.17, 15) is 92.9 Å². The summed E-state index contributed by atoms with van der Waals surface area (Å²) in [5.41, 5.74) is -7.53. The SMILES string of the molecule is CC(C(=O)OC(C)C(F)(F)F)C(C)c1ccc(O)c(O)c1.CCC(C)(C)C(=O)OC1(C)CCCC1.CCC(C)c1cc(C(C)(O)C(F)(F)F)cc(C(C)(O)C(F)(F)F)c1.CCC(C)c1cc(I)c(O)c(I)c1.CCC(C)c1ccc(C(C)(OC(OC)C(C)(C)C)C(F)(F)F)cc1.CCC(C)c1ccc(O)c(O)c1. The van der Waals surface area contributed by atoms with E-state index in [2.05, 4.69) is 104 Å². The summed E-state index contributed by atoms with van der Waals surface area (Å²) in [5, 5.41) is 66.0. The zero-order valence-corrected chi connectivity index (χ0v) is 70.3. The van der Waals surface area contributed by atoms with Gasteiger partial charge in [-0.05, 0) is 268 Å². The number of benzene rings is 5. The predicted molar refractivity (Wildman–Crippen MR) is 413 cm³/mol. The molecular formula is C81H114F12I2O13. The predicted octanol–water partition coefficient (Wildman–Crippen LogP) is 24.1. The molecule has 11 unspecified atom stereocenters. The number of rotatable bonds is 21. The third-order valence-electron chi connectivity index (χ3n) is 20.1. The third-order valence-corrected chi connectivity index (χ3v) is 21.7. The highest BCUT2D eigenvalue weighted by Gasteiger charge is 2.57. The number of carbonyl (C=O) groups excluding carboxylic acids is 2. The first kappa shape index (κ1) is 101. The Morgan fingerprint density at radius 3 is 1.21 bits per heavy atom. The van der Waals surface area contributed by atoms with E-state index in [1.807, 2.05) is 33.8 Å². The molecule has 5 aromatic carbocycles. The minimum Gasteiger partial charge on any atom is -0.506 e. The molecule has 0 saturated heterocycles. The van der Waals surface area contributed by atoms with Crippen molar-refractivity contribution in [3.8, 4) is 28.7 Å². The van der Waals surface area contributed by atoms with Crippen molar-refractivity contribution in [1.82, 2.24) is 0 Å². The van der Waals surface area contributed by atoms with Gasteiger partial charge in [0.15, 0.2) is 52.2 Å². The van der Waals surface area contributed by atoms with Gasteiger partial charge in [0.25, 0.3) is 0 Å². The summed E-state index contributed by atoms with van der Waals surface area (Å²) in [4.78, 5) is 23.6. The fourth-order valence-corrected chi connectivity index (χ4v) is 11.9. The monoisotopic (exact) mass is 1780 g/mol. The van der Waals surface area contributed by atoms with Gasteiger partial charge >= 0.3 is 36.6 Å². The second-order valence-corrected chi connectivity index (χ2v) is 32.6. The zero-order valence-electron chi connectivity index (χ0n) is 66.0. The molecule has 0 aromatic heterocycles. The summed E-state index contributed by atoms with van der Waals surface area (Å²) < 4.78 is 179. The fourth-order valence-electron chi connectivity index (χ4n) is 10.1. The van der Waals surface area contributed by atoms with E-state index in [0.29, 0.717) is 55.4 Å². The van der Waals surface area contributed by atoms with Crippen LogP contribution in [0.15, 0.2) is 91.0 Å². The van der Waals surface area contributed by atoms with Gasteiger partial charge in [-0.1, -0.05) is 145 Å². The molecular weight excluding hydrogens is 1660 g/mol. The van der Waals surface area contributed by atoms with Gasteiger partial charge in [-0.15, -0.1) is 0 Å². The summed E-state index contributed by atoms with van der Waals surface area (Å²) in [6.45, 7) is 35.2. The number of hydrogen-bond donors (Lipinski definition) is 7. The number of halogens is 14. The summed E-state index contributed by atoms with van der Waals surface area (Å²) in [5.74, 6) is -1.72. The van der Waals surface area contributed by atoms with Crippen LogP contribution < -0.4 is 0 Å². The molecule has 0 heterocycles. The van der Waals surface area contributed by atoms with Crippen LogP contribution in [0.1, 0.15) is 277 Å². The Morgan fingerprint density at radius 2 is 0.861 bits per heavy atom. The van der Waals surface area contributed by atoms with Crippen LogP contribution in [0.5, 0.6) is 28.7 Å². The summed E-state index contributed by atoms with van der Waals surface area (Å²) in [6.07, 6.45) is -13.7. The Balaban J connectivity index is 0.000000661. The first-order valence-corrected chi connectivity index (χ1v) is 38.1. The van der Waals surface area contributed by atoms with Crippen molar-refractivity contribution in [2.75, 3.05) is 7.11 Å². The maximum atomic E-state index is 13.8. The standard InChI is InChI=1S/C19H29F3O2.C16H20F6O2.C14H17F3O4.C12H22O2.C10H12I2O.C10H14O2/c1-8-13(2)14-9-11-15(12-10-14)18(6,19(20,21)22)24-16(23-7)17(3,4)5;1-5-9(2)10-6-11(13(3,23)15(17,18)19)8-12(7-10)14(4,24)16(20,21)22;1-7(10-4-5-11(18)12(19)6-10)8(2)13(20)21-9(3)14(15,16)17;1-5-11(2,3)10(13)14-12(4)8-6-7-9-12;1-3-6(2)7-4-8(11)10(13)9(12)5-7;1-3-7(2)8-4-5-9(11)10(12)6-8/h9-13,16H,8H2,1-7H3;6-9,23-24H,5H2,1-4H3;4-9,18-19H,1-3H3;5-9H2,1-4H3;4-6,13H,3H2,1-2H3;4-7,11-12H,3H2,1-2H3. The van der Waals surface area contributed by atoms with E-state index in [0.717, 1.165) is 82.8 Å². The Bertz CT molecular complexity index is 3530. The van der Waals surface area contributed by atoms with Gasteiger partial charge in [-0.3, -0.25) is 9.59 Å². The average molecular weight is 1780 g/mol. The number of aromatic hydroxyl groups is 5. The van der Waals surface area contributed by atoms with Crippen LogP contribution in [0.3, 0.4) is 0 Å². The molecule has 1 saturated carbocycles. The van der Waals surface area contributed by atoms with Gasteiger partial charge in [-0.2, -0.15) is 52.7 Å². The molecule has 0 radical (unpaired) electrons. The zero-order chi connectivity index (χ0) is 84.2. The van der Waals surface area contributed by atoms with Gasteiger partial charge in [0.05, 0.1) is 18.5 Å². The molecule has 6 rings (SSSR count). The Kier molecular flexibility index (Phi) is 38.5. The Morgan fingerprint density at radius 1 is 0.491 bits per heavy atom. The van der Waals surface area contributed by atoms with Crippen molar-refractivity contribution < 1.29 is 117 Å². The number of methoxy groups -OCH3 is 1. The topological polar surface area (TPSA) is 213 Å². The Labute approximate surface area is 657 Å². The van der Waals surface area contributed by atoms with Gasteiger partial charge in [0, 0.05) is 12.5 Å². The number of carbonyl (C=O) groups is 2. The van der Waals surface area contributed by atoms with Crippen LogP contribution in [-0.2, 0) is 45.3 Å². The number of ether oxygens (including phenoxy) is 4. The van der Waals surface area contributed by atoms with Crippen molar-refractivity contribution in [3.63, 3.8) is 0 Å². The average Bonchev–Trinajstić information content (AvgIpc) is 1.13. The number of hydrogen-bond acceptors (Lipinski definition) is 13. The highest BCUT2D eigenvalue weighted by Crippen LogP contribution is 2.48. The number of phenols is 5. The minimum atomic E-state index is -5.08. The lowest BCUT2D eigenvalue weighted by Gasteiger charge is -2.39. The lowest BCUT2D eigenvalue weighted by Crippen LogP contribution is -2.48. The van der Waals surface area contributed by atoms with Crippen LogP contribution in [0.25, 0.3) is 0 Å². The molecule has 0 amide bonds. The molecule has 5 aromatic rings. The van der Waals surface area contributed by atoms with E-state index in [1.165, 1.54) is 68.8 Å². The van der Waals surface area contributed by atoms with Crippen molar-refractivity contribution >= 4 is 57.1 Å². The van der Waals surface area contributed by atoms with Gasteiger partial charge in [0.2, 0.25) is 0 Å². The van der Waals surface area contributed by atoms with Gasteiger partial charge in [-0.25, -0.2) is 0 Å². The molecule has 1 fully saturated rings. The van der Waals surface area contributed by atoms with Crippen LogP contribution >= 0.6 is 45.2 Å². The van der Waals surface area contributed by atoms with Gasteiger partial charge < -0.3 is 54.7 Å². The quantitative estimate of drug-likeness (QED) is 0.0120. The summed E-state index contributed by atoms with van der Waals surface area (Å²) in [6, 6.07) is 22.2. The molecule has 0 aliphatic heterocycles. The van der Waals surface area contributed by atoms with E-state index in [1.54, 1.807) is 59.7 Å². The third kappa shape index (κ3) is 28.9. The molecule has 27 heteroatoms. The lowest BCUT2D eigenvalue weighted by molar-refractivity contribution is -0.337. The summed E-state index contributed by atoms with van der Waals surface area (Å²) >= 11 is 4.34. The summed E-state index contributed by atoms with van der Waals surface area (Å²) in [7, 11) is 1.36. The second kappa shape index (κ2) is 41.3. The highest BCUT2D eigenvalue weighted by atomic mass is 127. The molecule has 108 heavy (non-hydrogen) atoms. The minimum absolute atomic E-state index is 0.0344. The van der Waals surface area contributed by atoms with Crippen molar-refractivity contribution in [1.29, 1.82) is 0 Å². The largest absolute Gasteiger partial charge is 0.506 e. The maximum Gasteiger partial charge on any atom is 0.425 e. The van der Waals surface area contributed by atoms with Crippen LogP contribution in [0.4, 0.5) is 52.7 Å².